The largest absolute Gasteiger partial charge is 0.503 e. The maximum Gasteiger partial charge on any atom is 0.311 e. The second kappa shape index (κ2) is 8.02. The van der Waals surface area contributed by atoms with Gasteiger partial charge in [-0.25, -0.2) is 13.2 Å². The molecular weight excluding hydrogens is 423 g/mol. The van der Waals surface area contributed by atoms with E-state index in [4.69, 9.17) is 11.6 Å². The van der Waals surface area contributed by atoms with Crippen molar-refractivity contribution in [1.29, 1.82) is 0 Å². The molecule has 2 N–H and O–H groups in total. The van der Waals surface area contributed by atoms with E-state index in [0.717, 1.165) is 22.8 Å². The standard InChI is InChI=1S/C21H17ClF3NO4/c1-3-4-11(21(29)30)16-9(2)26(15-8-14(24)19(27)18(25)17(15)16)20(28)10-5-6-12(22)13(23)7-10/h5-8,11,27H,3-4H2,1-2H3,(H,29,30)/t11-/m0/s1. The van der Waals surface area contributed by atoms with Crippen LogP contribution in [0, 0.1) is 24.4 Å². The summed E-state index contributed by atoms with van der Waals surface area (Å²) in [6.45, 7) is 3.12. The third-order valence-corrected chi connectivity index (χ3v) is 5.31. The van der Waals surface area contributed by atoms with Crippen LogP contribution in [-0.4, -0.2) is 26.7 Å². The highest BCUT2D eigenvalue weighted by molar-refractivity contribution is 6.30. The molecule has 0 bridgehead atoms. The Balaban J connectivity index is 2.40. The smallest absolute Gasteiger partial charge is 0.311 e. The highest BCUT2D eigenvalue weighted by atomic mass is 35.5. The summed E-state index contributed by atoms with van der Waals surface area (Å²) in [6, 6.07) is 4.03. The first-order chi connectivity index (χ1) is 14.1. The van der Waals surface area contributed by atoms with Crippen molar-refractivity contribution in [3.63, 3.8) is 0 Å². The van der Waals surface area contributed by atoms with Gasteiger partial charge in [0.1, 0.15) is 5.82 Å². The SMILES string of the molecule is CCC[C@H](C(=O)O)c1c(C)n(C(=O)c2ccc(Cl)c(F)c2)c2cc(F)c(O)c(F)c12. The Morgan fingerprint density at radius 3 is 2.40 bits per heavy atom. The minimum Gasteiger partial charge on any atom is -0.503 e. The maximum atomic E-state index is 14.9. The van der Waals surface area contributed by atoms with Crippen molar-refractivity contribution in [2.75, 3.05) is 0 Å². The van der Waals surface area contributed by atoms with Gasteiger partial charge in [-0.1, -0.05) is 24.9 Å². The van der Waals surface area contributed by atoms with E-state index >= 15 is 0 Å². The molecule has 30 heavy (non-hydrogen) atoms. The summed E-state index contributed by atoms with van der Waals surface area (Å²) in [6.07, 6.45) is 0.560. The van der Waals surface area contributed by atoms with Crippen molar-refractivity contribution in [2.24, 2.45) is 0 Å². The van der Waals surface area contributed by atoms with Crippen molar-refractivity contribution < 1.29 is 33.0 Å². The number of carboxylic acids is 1. The van der Waals surface area contributed by atoms with Crippen LogP contribution in [0.3, 0.4) is 0 Å². The van der Waals surface area contributed by atoms with Crippen LogP contribution >= 0.6 is 11.6 Å². The normalized spacial score (nSPS) is 12.3. The first-order valence-corrected chi connectivity index (χ1v) is 9.42. The van der Waals surface area contributed by atoms with Gasteiger partial charge < -0.3 is 10.2 Å². The molecule has 0 fully saturated rings. The molecule has 0 amide bonds. The Kier molecular flexibility index (Phi) is 5.81. The van der Waals surface area contributed by atoms with Crippen LogP contribution in [0.15, 0.2) is 24.3 Å². The lowest BCUT2D eigenvalue weighted by Gasteiger charge is -2.13. The summed E-state index contributed by atoms with van der Waals surface area (Å²) in [7, 11) is 0. The summed E-state index contributed by atoms with van der Waals surface area (Å²) in [5.41, 5.74) is -0.414. The van der Waals surface area contributed by atoms with E-state index < -0.39 is 41.0 Å². The van der Waals surface area contributed by atoms with Gasteiger partial charge in [-0.15, -0.1) is 0 Å². The zero-order chi connectivity index (χ0) is 22.3. The average Bonchev–Trinajstić information content (AvgIpc) is 2.97. The first kappa shape index (κ1) is 21.7. The minimum absolute atomic E-state index is 0.0464. The van der Waals surface area contributed by atoms with Gasteiger partial charge in [0.25, 0.3) is 5.91 Å². The number of aromatic nitrogens is 1. The van der Waals surface area contributed by atoms with E-state index in [-0.39, 0.29) is 39.2 Å². The number of nitrogens with zero attached hydrogens (tertiary/aromatic N) is 1. The second-order valence-electron chi connectivity index (χ2n) is 6.86. The number of carbonyl (C=O) groups excluding carboxylic acids is 1. The van der Waals surface area contributed by atoms with Gasteiger partial charge in [-0.3, -0.25) is 14.2 Å². The fraction of sp³-hybridized carbons (Fsp3) is 0.238. The topological polar surface area (TPSA) is 79.5 Å². The number of rotatable bonds is 5. The minimum atomic E-state index is -1.36. The maximum absolute atomic E-state index is 14.9. The van der Waals surface area contributed by atoms with E-state index in [9.17, 15) is 33.0 Å². The van der Waals surface area contributed by atoms with Crippen LogP contribution in [0.2, 0.25) is 5.02 Å². The summed E-state index contributed by atoms with van der Waals surface area (Å²) in [4.78, 5) is 25.0. The molecule has 2 aromatic carbocycles. The number of phenolic OH excluding ortho intramolecular Hbond substituents is 1. The van der Waals surface area contributed by atoms with E-state index in [1.807, 2.05) is 0 Å². The molecule has 3 aromatic rings. The highest BCUT2D eigenvalue weighted by Crippen LogP contribution is 2.40. The monoisotopic (exact) mass is 439 g/mol. The fourth-order valence-electron chi connectivity index (χ4n) is 3.64. The van der Waals surface area contributed by atoms with Crippen LogP contribution in [0.5, 0.6) is 5.75 Å². The summed E-state index contributed by atoms with van der Waals surface area (Å²) < 4.78 is 43.8. The van der Waals surface area contributed by atoms with Gasteiger partial charge in [-0.2, -0.15) is 0 Å². The molecule has 1 atom stereocenters. The number of benzene rings is 2. The van der Waals surface area contributed by atoms with Gasteiger partial charge in [0.15, 0.2) is 17.4 Å². The van der Waals surface area contributed by atoms with Crippen LogP contribution in [0.25, 0.3) is 10.9 Å². The number of carbonyl (C=O) groups is 2. The van der Waals surface area contributed by atoms with Crippen LogP contribution in [0.1, 0.15) is 47.3 Å². The van der Waals surface area contributed by atoms with E-state index in [2.05, 4.69) is 0 Å². The number of carboxylic acid groups (broad SMARTS) is 1. The summed E-state index contributed by atoms with van der Waals surface area (Å²) in [5, 5.41) is 18.8. The lowest BCUT2D eigenvalue weighted by atomic mass is 9.92. The Hall–Kier alpha value is -3.00. The summed E-state index contributed by atoms with van der Waals surface area (Å²) in [5.74, 6) is -8.10. The number of hydrogen-bond acceptors (Lipinski definition) is 3. The third kappa shape index (κ3) is 3.41. The van der Waals surface area contributed by atoms with E-state index in [1.165, 1.54) is 13.0 Å². The highest BCUT2D eigenvalue weighted by Gasteiger charge is 2.32. The van der Waals surface area contributed by atoms with Crippen molar-refractivity contribution in [2.45, 2.75) is 32.6 Å². The molecular formula is C21H17ClF3NO4. The van der Waals surface area contributed by atoms with Crippen molar-refractivity contribution in [3.8, 4) is 5.75 Å². The number of aliphatic carboxylic acids is 1. The molecule has 0 aliphatic carbocycles. The van der Waals surface area contributed by atoms with Gasteiger partial charge in [0, 0.05) is 22.7 Å². The number of hydrogen-bond donors (Lipinski definition) is 2. The lowest BCUT2D eigenvalue weighted by molar-refractivity contribution is -0.139. The molecule has 5 nitrogen and oxygen atoms in total. The number of aromatic hydroxyl groups is 1. The predicted octanol–water partition coefficient (Wildman–Crippen LogP) is 5.38. The Labute approximate surface area is 174 Å². The van der Waals surface area contributed by atoms with Crippen molar-refractivity contribution >= 4 is 34.4 Å². The molecule has 0 saturated heterocycles. The Morgan fingerprint density at radius 2 is 1.83 bits per heavy atom. The quantitative estimate of drug-likeness (QED) is 0.559. The molecule has 0 unspecified atom stereocenters. The first-order valence-electron chi connectivity index (χ1n) is 9.04. The Morgan fingerprint density at radius 1 is 1.17 bits per heavy atom. The average molecular weight is 440 g/mol. The van der Waals surface area contributed by atoms with Crippen LogP contribution < -0.4 is 0 Å². The molecule has 0 spiro atoms. The molecule has 0 aliphatic heterocycles. The zero-order valence-electron chi connectivity index (χ0n) is 16.0. The summed E-state index contributed by atoms with van der Waals surface area (Å²) >= 11 is 5.65. The zero-order valence-corrected chi connectivity index (χ0v) is 16.7. The molecule has 1 aromatic heterocycles. The van der Waals surface area contributed by atoms with Crippen LogP contribution in [0.4, 0.5) is 13.2 Å². The lowest BCUT2D eigenvalue weighted by Crippen LogP contribution is -2.16. The fourth-order valence-corrected chi connectivity index (χ4v) is 3.75. The number of fused-ring (bicyclic) bond motifs is 1. The molecule has 0 saturated carbocycles. The number of phenols is 1. The molecule has 3 rings (SSSR count). The van der Waals surface area contributed by atoms with Gasteiger partial charge in [0.05, 0.1) is 16.5 Å². The molecule has 1 heterocycles. The second-order valence-corrected chi connectivity index (χ2v) is 7.27. The third-order valence-electron chi connectivity index (χ3n) is 5.00. The predicted molar refractivity (Wildman–Crippen MR) is 105 cm³/mol. The van der Waals surface area contributed by atoms with Crippen LogP contribution in [-0.2, 0) is 4.79 Å². The van der Waals surface area contributed by atoms with Gasteiger partial charge in [-0.05, 0) is 37.1 Å². The van der Waals surface area contributed by atoms with Crippen molar-refractivity contribution in [3.05, 3.63) is 63.6 Å². The van der Waals surface area contributed by atoms with Crippen molar-refractivity contribution in [1.82, 2.24) is 4.57 Å². The van der Waals surface area contributed by atoms with Gasteiger partial charge in [0.2, 0.25) is 0 Å². The molecule has 0 aliphatic rings. The number of halogens is 4. The van der Waals surface area contributed by atoms with E-state index in [0.29, 0.717) is 6.42 Å². The van der Waals surface area contributed by atoms with E-state index in [1.54, 1.807) is 6.92 Å². The molecule has 9 heteroatoms. The van der Waals surface area contributed by atoms with Gasteiger partial charge >= 0.3 is 5.97 Å². The molecule has 0 radical (unpaired) electrons. The molecule has 158 valence electrons. The Bertz CT molecular complexity index is 1190.